The van der Waals surface area contributed by atoms with E-state index in [1.54, 1.807) is 31.2 Å². The fourth-order valence-corrected chi connectivity index (χ4v) is 2.56. The Morgan fingerprint density at radius 3 is 2.70 bits per heavy atom. The predicted octanol–water partition coefficient (Wildman–Crippen LogP) is 2.59. The highest BCUT2D eigenvalue weighted by Crippen LogP contribution is 2.32. The topological polar surface area (TPSA) is 66.6 Å². The number of phenols is 1. The van der Waals surface area contributed by atoms with E-state index in [1.807, 2.05) is 4.90 Å². The summed E-state index contributed by atoms with van der Waals surface area (Å²) in [6.45, 7) is 3.26. The van der Waals surface area contributed by atoms with Crippen molar-refractivity contribution in [3.05, 3.63) is 35.6 Å². The summed E-state index contributed by atoms with van der Waals surface area (Å²) in [6.07, 6.45) is 2.06. The monoisotopic (exact) mass is 272 g/mol. The number of carbonyl (C=O) groups is 1. The number of likely N-dealkylation sites (tertiary alicyclic amines) is 1. The molecule has 0 atom stereocenters. The molecule has 1 aromatic heterocycles. The van der Waals surface area contributed by atoms with Gasteiger partial charge in [-0.15, -0.1) is 0 Å². The molecule has 20 heavy (non-hydrogen) atoms. The van der Waals surface area contributed by atoms with Crippen molar-refractivity contribution in [1.29, 1.82) is 0 Å². The molecule has 1 fully saturated rings. The second-order valence-corrected chi connectivity index (χ2v) is 4.98. The van der Waals surface area contributed by atoms with Gasteiger partial charge in [-0.2, -0.15) is 0 Å². The Balaban J connectivity index is 2.06. The fourth-order valence-electron chi connectivity index (χ4n) is 2.56. The third kappa shape index (κ3) is 2.05. The molecule has 0 saturated carbocycles. The molecule has 1 saturated heterocycles. The van der Waals surface area contributed by atoms with E-state index >= 15 is 0 Å². The lowest BCUT2D eigenvalue weighted by molar-refractivity contribution is 0.0791. The van der Waals surface area contributed by atoms with Crippen LogP contribution in [0, 0.1) is 6.92 Å². The molecule has 1 amide bonds. The van der Waals surface area contributed by atoms with Gasteiger partial charge in [0.15, 0.2) is 0 Å². The van der Waals surface area contributed by atoms with Crippen LogP contribution in [-0.4, -0.2) is 34.2 Å². The molecule has 1 aliphatic rings. The molecule has 2 aromatic rings. The zero-order chi connectivity index (χ0) is 14.1. The number of nitrogens with zero attached hydrogens (tertiary/aromatic N) is 2. The maximum absolute atomic E-state index is 12.6. The van der Waals surface area contributed by atoms with Gasteiger partial charge in [-0.1, -0.05) is 17.3 Å². The Kier molecular flexibility index (Phi) is 3.18. The molecule has 5 nitrogen and oxygen atoms in total. The Morgan fingerprint density at radius 2 is 2.00 bits per heavy atom. The van der Waals surface area contributed by atoms with E-state index in [2.05, 4.69) is 5.16 Å². The van der Waals surface area contributed by atoms with Gasteiger partial charge in [-0.05, 0) is 31.9 Å². The third-order valence-electron chi connectivity index (χ3n) is 3.63. The molecular weight excluding hydrogens is 256 g/mol. The summed E-state index contributed by atoms with van der Waals surface area (Å²) in [5.41, 5.74) is 1.39. The van der Waals surface area contributed by atoms with E-state index in [-0.39, 0.29) is 11.7 Å². The number of hydrogen-bond acceptors (Lipinski definition) is 4. The summed E-state index contributed by atoms with van der Waals surface area (Å²) in [5, 5.41) is 13.9. The van der Waals surface area contributed by atoms with Gasteiger partial charge in [0.25, 0.3) is 5.91 Å². The van der Waals surface area contributed by atoms with Crippen molar-refractivity contribution in [1.82, 2.24) is 10.1 Å². The number of aryl methyl sites for hydroxylation is 1. The van der Waals surface area contributed by atoms with E-state index in [0.717, 1.165) is 25.9 Å². The lowest BCUT2D eigenvalue weighted by Crippen LogP contribution is -2.28. The molecule has 0 spiro atoms. The number of para-hydroxylation sites is 1. The van der Waals surface area contributed by atoms with E-state index in [9.17, 15) is 9.90 Å². The van der Waals surface area contributed by atoms with Crippen LogP contribution in [0.1, 0.15) is 29.0 Å². The average Bonchev–Trinajstić information content (AvgIpc) is 3.08. The average molecular weight is 272 g/mol. The molecule has 0 aliphatic carbocycles. The highest BCUT2D eigenvalue weighted by Gasteiger charge is 2.28. The van der Waals surface area contributed by atoms with E-state index < -0.39 is 0 Å². The summed E-state index contributed by atoms with van der Waals surface area (Å²) in [5.74, 6) is 0.510. The van der Waals surface area contributed by atoms with Gasteiger partial charge in [0.1, 0.15) is 22.8 Å². The molecule has 0 radical (unpaired) electrons. The second kappa shape index (κ2) is 5.00. The van der Waals surface area contributed by atoms with Gasteiger partial charge >= 0.3 is 0 Å². The van der Waals surface area contributed by atoms with Gasteiger partial charge < -0.3 is 14.5 Å². The fraction of sp³-hybridized carbons (Fsp3) is 0.333. The van der Waals surface area contributed by atoms with Gasteiger partial charge in [-0.3, -0.25) is 4.79 Å². The molecule has 0 bridgehead atoms. The van der Waals surface area contributed by atoms with Crippen LogP contribution in [0.5, 0.6) is 5.75 Å². The molecule has 0 unspecified atom stereocenters. The highest BCUT2D eigenvalue weighted by atomic mass is 16.5. The standard InChI is InChI=1S/C15H16N2O3/c1-10-13(15(19)17-8-4-5-9-17)14(16-20-10)11-6-2-3-7-12(11)18/h2-3,6-7,18H,4-5,8-9H2,1H3. The van der Waals surface area contributed by atoms with Gasteiger partial charge in [0.05, 0.1) is 0 Å². The number of aromatic nitrogens is 1. The predicted molar refractivity (Wildman–Crippen MR) is 73.5 cm³/mol. The first-order chi connectivity index (χ1) is 9.68. The third-order valence-corrected chi connectivity index (χ3v) is 3.63. The molecule has 1 aromatic carbocycles. The number of phenolic OH excluding ortho intramolecular Hbond substituents is 1. The first-order valence-electron chi connectivity index (χ1n) is 6.72. The molecule has 1 aliphatic heterocycles. The lowest BCUT2D eigenvalue weighted by atomic mass is 10.0. The van der Waals surface area contributed by atoms with E-state index in [1.165, 1.54) is 0 Å². The van der Waals surface area contributed by atoms with Crippen molar-refractivity contribution in [2.75, 3.05) is 13.1 Å². The van der Waals surface area contributed by atoms with Gasteiger partial charge in [0.2, 0.25) is 0 Å². The van der Waals surface area contributed by atoms with E-state index in [0.29, 0.717) is 22.6 Å². The summed E-state index contributed by atoms with van der Waals surface area (Å²) in [4.78, 5) is 14.4. The number of amides is 1. The Morgan fingerprint density at radius 1 is 1.30 bits per heavy atom. The quantitative estimate of drug-likeness (QED) is 0.912. The zero-order valence-corrected chi connectivity index (χ0v) is 11.3. The Hall–Kier alpha value is -2.30. The van der Waals surface area contributed by atoms with Crippen molar-refractivity contribution >= 4 is 5.91 Å². The summed E-state index contributed by atoms with van der Waals surface area (Å²) in [6, 6.07) is 6.83. The van der Waals surface area contributed by atoms with Crippen molar-refractivity contribution in [2.24, 2.45) is 0 Å². The first-order valence-corrected chi connectivity index (χ1v) is 6.72. The van der Waals surface area contributed by atoms with Crippen LogP contribution in [0.4, 0.5) is 0 Å². The van der Waals surface area contributed by atoms with Crippen LogP contribution >= 0.6 is 0 Å². The number of aromatic hydroxyl groups is 1. The largest absolute Gasteiger partial charge is 0.507 e. The minimum Gasteiger partial charge on any atom is -0.507 e. The summed E-state index contributed by atoms with van der Waals surface area (Å²) in [7, 11) is 0. The van der Waals surface area contributed by atoms with E-state index in [4.69, 9.17) is 4.52 Å². The Labute approximate surface area is 116 Å². The van der Waals surface area contributed by atoms with Gasteiger partial charge in [0, 0.05) is 18.7 Å². The number of carbonyl (C=O) groups excluding carboxylic acids is 1. The number of hydrogen-bond donors (Lipinski definition) is 1. The van der Waals surface area contributed by atoms with Crippen LogP contribution in [0.2, 0.25) is 0 Å². The van der Waals surface area contributed by atoms with Crippen molar-refractivity contribution in [2.45, 2.75) is 19.8 Å². The molecule has 104 valence electrons. The minimum atomic E-state index is -0.0699. The van der Waals surface area contributed by atoms with Crippen LogP contribution in [0.3, 0.4) is 0 Å². The molecule has 2 heterocycles. The number of benzene rings is 1. The molecule has 3 rings (SSSR count). The lowest BCUT2D eigenvalue weighted by Gasteiger charge is -2.15. The van der Waals surface area contributed by atoms with Crippen molar-refractivity contribution < 1.29 is 14.4 Å². The minimum absolute atomic E-state index is 0.0699. The summed E-state index contributed by atoms with van der Waals surface area (Å²) >= 11 is 0. The SMILES string of the molecule is Cc1onc(-c2ccccc2O)c1C(=O)N1CCCC1. The first kappa shape index (κ1) is 12.7. The highest BCUT2D eigenvalue weighted by molar-refractivity contribution is 6.01. The Bertz CT molecular complexity index is 642. The zero-order valence-electron chi connectivity index (χ0n) is 11.3. The maximum Gasteiger partial charge on any atom is 0.259 e. The van der Waals surface area contributed by atoms with Crippen LogP contribution in [0.25, 0.3) is 11.3 Å². The second-order valence-electron chi connectivity index (χ2n) is 4.98. The van der Waals surface area contributed by atoms with Gasteiger partial charge in [-0.25, -0.2) is 0 Å². The maximum atomic E-state index is 12.6. The number of rotatable bonds is 2. The molecule has 5 heteroatoms. The van der Waals surface area contributed by atoms with Crippen molar-refractivity contribution in [3.63, 3.8) is 0 Å². The smallest absolute Gasteiger partial charge is 0.259 e. The molecule has 1 N–H and O–H groups in total. The van der Waals surface area contributed by atoms with Crippen LogP contribution in [0.15, 0.2) is 28.8 Å². The van der Waals surface area contributed by atoms with Crippen LogP contribution in [-0.2, 0) is 0 Å². The van der Waals surface area contributed by atoms with Crippen molar-refractivity contribution in [3.8, 4) is 17.0 Å². The normalized spacial score (nSPS) is 14.8. The molecular formula is C15H16N2O3. The summed E-state index contributed by atoms with van der Waals surface area (Å²) < 4.78 is 5.18. The van der Waals surface area contributed by atoms with Crippen LogP contribution < -0.4 is 0 Å².